The van der Waals surface area contributed by atoms with Crippen LogP contribution in [0.2, 0.25) is 0 Å². The van der Waals surface area contributed by atoms with E-state index in [1.807, 2.05) is 0 Å². The van der Waals surface area contributed by atoms with Crippen LogP contribution in [0.25, 0.3) is 32.9 Å². The van der Waals surface area contributed by atoms with E-state index >= 15 is 8.78 Å². The van der Waals surface area contributed by atoms with Gasteiger partial charge in [0.25, 0.3) is 11.8 Å². The summed E-state index contributed by atoms with van der Waals surface area (Å²) in [6.45, 7) is 8.86. The molecule has 8 heterocycles. The number of ether oxygens (including phenoxy) is 4. The van der Waals surface area contributed by atoms with Crippen molar-refractivity contribution in [2.24, 2.45) is 0 Å². The molecule has 6 aliphatic rings. The molecule has 0 saturated carbocycles. The van der Waals surface area contributed by atoms with E-state index in [2.05, 4.69) is 37.9 Å². The number of amides is 4. The second-order valence-electron chi connectivity index (χ2n) is 19.6. The first-order valence-electron chi connectivity index (χ1n) is 24.7. The quantitative estimate of drug-likeness (QED) is 0.0533. The van der Waals surface area contributed by atoms with E-state index in [0.717, 1.165) is 42.6 Å². The summed E-state index contributed by atoms with van der Waals surface area (Å²) >= 11 is 0. The van der Waals surface area contributed by atoms with Crippen LogP contribution in [0.4, 0.5) is 14.6 Å². The van der Waals surface area contributed by atoms with E-state index in [9.17, 15) is 19.2 Å². The third-order valence-corrected chi connectivity index (χ3v) is 15.1. The summed E-state index contributed by atoms with van der Waals surface area (Å²) < 4.78 is 56.5. The minimum Gasteiger partial charge on any atom is -0.461 e. The average molecular weight is 981 g/mol. The number of nitrogens with zero attached hydrogens (tertiary/aromatic N) is 6. The third-order valence-electron chi connectivity index (χ3n) is 15.1. The van der Waals surface area contributed by atoms with Gasteiger partial charge in [-0.2, -0.15) is 9.97 Å². The van der Waals surface area contributed by atoms with E-state index in [-0.39, 0.29) is 83.6 Å². The highest BCUT2D eigenvalue weighted by Crippen LogP contribution is 2.45. The van der Waals surface area contributed by atoms with Crippen molar-refractivity contribution in [2.45, 2.75) is 81.1 Å². The predicted octanol–water partition coefficient (Wildman–Crippen LogP) is 5.28. The van der Waals surface area contributed by atoms with Crippen molar-refractivity contribution < 1.29 is 46.9 Å². The number of pyridine rings is 1. The van der Waals surface area contributed by atoms with E-state index < -0.39 is 41.3 Å². The molecule has 5 atom stereocenters. The molecule has 5 unspecified atom stereocenters. The molecule has 72 heavy (non-hydrogen) atoms. The fourth-order valence-electron chi connectivity index (χ4n) is 11.8. The largest absolute Gasteiger partial charge is 0.461 e. The number of terminal acetylenes is 1. The Morgan fingerprint density at radius 1 is 0.875 bits per heavy atom. The number of carbonyl (C=O) groups is 4. The molecule has 6 aliphatic heterocycles. The lowest BCUT2D eigenvalue weighted by atomic mass is 9.94. The minimum absolute atomic E-state index is 0.00549. The van der Waals surface area contributed by atoms with Crippen LogP contribution in [0, 0.1) is 24.0 Å². The molecule has 4 amide bonds. The zero-order chi connectivity index (χ0) is 49.7. The molecule has 2 bridgehead atoms. The zero-order valence-corrected chi connectivity index (χ0v) is 39.7. The Hall–Kier alpha value is -6.75. The molecular weight excluding hydrogens is 927 g/mol. The maximum absolute atomic E-state index is 17.2. The first-order valence-corrected chi connectivity index (χ1v) is 24.7. The molecule has 0 radical (unpaired) electrons. The average Bonchev–Trinajstić information content (AvgIpc) is 4.08. The lowest BCUT2D eigenvalue weighted by Gasteiger charge is -2.35. The van der Waals surface area contributed by atoms with E-state index in [1.165, 1.54) is 6.07 Å². The van der Waals surface area contributed by atoms with Gasteiger partial charge in [-0.15, -0.1) is 6.42 Å². The van der Waals surface area contributed by atoms with Crippen LogP contribution in [-0.2, 0) is 30.2 Å². The normalized spacial score (nSPS) is 23.9. The number of nitrogens with one attached hydrogen (secondary N) is 2. The second-order valence-corrected chi connectivity index (χ2v) is 19.6. The molecule has 0 spiro atoms. The number of anilines is 1. The standard InChI is InChI=1S/C54H54F2N8O8/c1-3-37-41(55)13-10-32-6-4-8-38(44(32)37)47-46(56)48-40(25-57-47)49(62-27-34-11-12-35(28-62)58-34)61-53(60-48)72-30-54-18-16-36(63(54)26-31(2)24-54)29-71-23-22-70-21-20-69-19-17-33-7-5-9-39-45(33)52(68)64(51(39)67)42-14-15-43(65)59-50(42)66/h1,4-10,13,25,34-36,42,58H,2,11-12,14-24,26-30H2,(H,59,65,66). The summed E-state index contributed by atoms with van der Waals surface area (Å²) in [6.07, 6.45) is 12.4. The Morgan fingerprint density at radius 3 is 2.43 bits per heavy atom. The Bertz CT molecular complexity index is 3080. The van der Waals surface area contributed by atoms with Crippen molar-refractivity contribution in [3.63, 3.8) is 0 Å². The molecule has 16 nitrogen and oxygen atoms in total. The van der Waals surface area contributed by atoms with Crippen molar-refractivity contribution in [2.75, 3.05) is 70.8 Å². The number of piperazine rings is 1. The van der Waals surface area contributed by atoms with Crippen LogP contribution in [0.1, 0.15) is 76.8 Å². The molecule has 3 aromatic carbocycles. The highest BCUT2D eigenvalue weighted by atomic mass is 19.1. The van der Waals surface area contributed by atoms with Crippen molar-refractivity contribution >= 4 is 51.1 Å². The molecule has 5 fully saturated rings. The number of fused-ring (bicyclic) bond motifs is 6. The summed E-state index contributed by atoms with van der Waals surface area (Å²) in [7, 11) is 0. The van der Waals surface area contributed by atoms with Gasteiger partial charge in [-0.25, -0.2) is 8.78 Å². The van der Waals surface area contributed by atoms with E-state index in [0.29, 0.717) is 92.2 Å². The molecular formula is C54H54F2N8O8. The number of piperidine rings is 1. The van der Waals surface area contributed by atoms with Gasteiger partial charge in [0.1, 0.15) is 35.5 Å². The molecule has 5 aromatic rings. The highest BCUT2D eigenvalue weighted by molar-refractivity contribution is 6.24. The van der Waals surface area contributed by atoms with Crippen LogP contribution in [0.5, 0.6) is 6.01 Å². The van der Waals surface area contributed by atoms with Crippen molar-refractivity contribution in [1.29, 1.82) is 0 Å². The first-order chi connectivity index (χ1) is 35.0. The number of halogens is 2. The fourth-order valence-corrected chi connectivity index (χ4v) is 11.8. The summed E-state index contributed by atoms with van der Waals surface area (Å²) in [5.41, 5.74) is 2.34. The molecule has 2 N–H and O–H groups in total. The van der Waals surface area contributed by atoms with Gasteiger partial charge >= 0.3 is 6.01 Å². The van der Waals surface area contributed by atoms with Gasteiger partial charge in [-0.1, -0.05) is 54.5 Å². The molecule has 18 heteroatoms. The Balaban J connectivity index is 0.698. The first kappa shape index (κ1) is 47.6. The molecule has 5 saturated heterocycles. The van der Waals surface area contributed by atoms with Crippen LogP contribution in [0.15, 0.2) is 66.9 Å². The van der Waals surface area contributed by atoms with E-state index in [1.54, 1.807) is 48.7 Å². The number of hydrogen-bond donors (Lipinski definition) is 2. The topological polar surface area (TPSA) is 178 Å². The number of imide groups is 2. The Morgan fingerprint density at radius 2 is 1.64 bits per heavy atom. The van der Waals surface area contributed by atoms with Crippen molar-refractivity contribution in [3.8, 4) is 29.6 Å². The smallest absolute Gasteiger partial charge is 0.319 e. The van der Waals surface area contributed by atoms with Crippen LogP contribution in [-0.4, -0.2) is 144 Å². The summed E-state index contributed by atoms with van der Waals surface area (Å²) in [5, 5.41) is 7.41. The third kappa shape index (κ3) is 8.76. The van der Waals surface area contributed by atoms with E-state index in [4.69, 9.17) is 35.3 Å². The summed E-state index contributed by atoms with van der Waals surface area (Å²) in [6, 6.07) is 13.0. The summed E-state index contributed by atoms with van der Waals surface area (Å²) in [4.78, 5) is 70.6. The van der Waals surface area contributed by atoms with Gasteiger partial charge in [0.05, 0.1) is 67.3 Å². The zero-order valence-electron chi connectivity index (χ0n) is 39.7. The SMILES string of the molecule is C#Cc1c(F)ccc2cccc(-c3ncc4c(N5CC6CCC(C5)N6)nc(OCC56CCC(COCCOCCOCCc7cccc8c7C(=O)N(C7CCC(=O)NC7=O)C8=O)N5CC(=C)C6)nc4c3F)c12. The van der Waals surface area contributed by atoms with Gasteiger partial charge < -0.3 is 29.2 Å². The van der Waals surface area contributed by atoms with Gasteiger partial charge in [0, 0.05) is 61.3 Å². The maximum atomic E-state index is 17.2. The number of aromatic nitrogens is 3. The van der Waals surface area contributed by atoms with Gasteiger partial charge in [-0.05, 0) is 68.0 Å². The monoisotopic (exact) mass is 980 g/mol. The van der Waals surface area contributed by atoms with Crippen molar-refractivity contribution in [1.82, 2.24) is 35.4 Å². The van der Waals surface area contributed by atoms with Crippen molar-refractivity contribution in [3.05, 3.63) is 101 Å². The molecule has 0 aliphatic carbocycles. The number of carbonyl (C=O) groups excluding carboxylic acids is 4. The van der Waals surface area contributed by atoms with Gasteiger partial charge in [-0.3, -0.25) is 39.3 Å². The number of benzene rings is 3. The molecule has 372 valence electrons. The Labute approximate surface area is 414 Å². The van der Waals surface area contributed by atoms with Gasteiger partial charge in [0.2, 0.25) is 11.8 Å². The van der Waals surface area contributed by atoms with Crippen LogP contribution >= 0.6 is 0 Å². The minimum atomic E-state index is -1.02. The Kier molecular flexibility index (Phi) is 13.0. The lowest BCUT2D eigenvalue weighted by molar-refractivity contribution is -0.136. The highest BCUT2D eigenvalue weighted by Gasteiger charge is 2.51. The van der Waals surface area contributed by atoms with Crippen LogP contribution < -0.4 is 20.3 Å². The lowest BCUT2D eigenvalue weighted by Crippen LogP contribution is -2.54. The number of hydrogen-bond acceptors (Lipinski definition) is 14. The molecule has 11 rings (SSSR count). The fraction of sp³-hybridized carbons (Fsp3) is 0.426. The van der Waals surface area contributed by atoms with Gasteiger partial charge in [0.15, 0.2) is 5.82 Å². The van der Waals surface area contributed by atoms with Crippen LogP contribution in [0.3, 0.4) is 0 Å². The number of rotatable bonds is 17. The predicted molar refractivity (Wildman–Crippen MR) is 261 cm³/mol. The molecule has 2 aromatic heterocycles. The maximum Gasteiger partial charge on any atom is 0.319 e. The second kappa shape index (κ2) is 19.7. The summed E-state index contributed by atoms with van der Waals surface area (Å²) in [5.74, 6) is -0.377.